The minimum absolute atomic E-state index is 0.582. The second kappa shape index (κ2) is 7.44. The average molecular weight is 306 g/mol. The van der Waals surface area contributed by atoms with Crippen molar-refractivity contribution in [1.82, 2.24) is 9.80 Å². The molecule has 1 aromatic rings. The number of aryl methyl sites for hydroxylation is 1. The van der Waals surface area contributed by atoms with Gasteiger partial charge in [0.05, 0.1) is 5.60 Å². The van der Waals surface area contributed by atoms with Gasteiger partial charge in [0.15, 0.2) is 0 Å². The van der Waals surface area contributed by atoms with Crippen LogP contribution in [0.2, 0.25) is 0 Å². The highest BCUT2D eigenvalue weighted by Gasteiger charge is 2.33. The Bertz CT molecular complexity index is 490. The molecule has 0 radical (unpaired) electrons. The van der Waals surface area contributed by atoms with Crippen LogP contribution in [0.25, 0.3) is 0 Å². The predicted octanol–water partition coefficient (Wildman–Crippen LogP) is 2.07. The lowest BCUT2D eigenvalue weighted by Gasteiger charge is -2.40. The molecule has 124 valence electrons. The van der Waals surface area contributed by atoms with Crippen LogP contribution in [0.15, 0.2) is 18.2 Å². The van der Waals surface area contributed by atoms with Crippen LogP contribution < -0.4 is 4.74 Å². The van der Waals surface area contributed by atoms with E-state index < -0.39 is 5.60 Å². The summed E-state index contributed by atoms with van der Waals surface area (Å²) in [6, 6.07) is 6.17. The molecule has 4 heteroatoms. The minimum atomic E-state index is -0.582. The summed E-state index contributed by atoms with van der Waals surface area (Å²) >= 11 is 0. The van der Waals surface area contributed by atoms with Crippen LogP contribution in [0, 0.1) is 13.8 Å². The molecule has 0 amide bonds. The molecule has 0 saturated carbocycles. The Morgan fingerprint density at radius 2 is 2.09 bits per heavy atom. The van der Waals surface area contributed by atoms with Gasteiger partial charge in [0.2, 0.25) is 0 Å². The van der Waals surface area contributed by atoms with Crippen LogP contribution in [0.4, 0.5) is 0 Å². The molecule has 4 nitrogen and oxygen atoms in total. The van der Waals surface area contributed by atoms with Crippen molar-refractivity contribution in [2.45, 2.75) is 32.3 Å². The molecule has 1 fully saturated rings. The predicted molar refractivity (Wildman–Crippen MR) is 90.6 cm³/mol. The Hall–Kier alpha value is -1.10. The molecule has 0 bridgehead atoms. The summed E-state index contributed by atoms with van der Waals surface area (Å²) in [5, 5.41) is 10.7. The molecule has 1 aliphatic rings. The number of hydrogen-bond acceptors (Lipinski definition) is 4. The number of β-amino-alcohol motifs (C(OH)–C–C–N with tert-alkyl or cyclic N) is 1. The molecule has 1 N–H and O–H groups in total. The Balaban J connectivity index is 1.83. The highest BCUT2D eigenvalue weighted by Crippen LogP contribution is 2.23. The summed E-state index contributed by atoms with van der Waals surface area (Å²) in [7, 11) is 4.03. The fourth-order valence-corrected chi connectivity index (χ4v) is 3.28. The maximum Gasteiger partial charge on any atom is 0.122 e. The Morgan fingerprint density at radius 3 is 2.82 bits per heavy atom. The van der Waals surface area contributed by atoms with E-state index in [0.29, 0.717) is 6.61 Å². The molecule has 1 aliphatic heterocycles. The SMILES string of the molecule is Cc1cccc(OCCN2CCC[C@](O)(CN(C)C)C2)c1C. The van der Waals surface area contributed by atoms with Crippen molar-refractivity contribution in [3.63, 3.8) is 0 Å². The van der Waals surface area contributed by atoms with Gasteiger partial charge < -0.3 is 14.7 Å². The van der Waals surface area contributed by atoms with Crippen molar-refractivity contribution >= 4 is 0 Å². The van der Waals surface area contributed by atoms with Crippen LogP contribution in [0.3, 0.4) is 0 Å². The number of likely N-dealkylation sites (tertiary alicyclic amines) is 1. The molecule has 1 heterocycles. The summed E-state index contributed by atoms with van der Waals surface area (Å²) in [5.41, 5.74) is 1.89. The van der Waals surface area contributed by atoms with E-state index >= 15 is 0 Å². The zero-order valence-corrected chi connectivity index (χ0v) is 14.4. The van der Waals surface area contributed by atoms with Crippen LogP contribution in [0.5, 0.6) is 5.75 Å². The Morgan fingerprint density at radius 1 is 1.32 bits per heavy atom. The van der Waals surface area contributed by atoms with Gasteiger partial charge in [-0.3, -0.25) is 4.90 Å². The zero-order chi connectivity index (χ0) is 16.2. The lowest BCUT2D eigenvalue weighted by atomic mass is 9.92. The Labute approximate surface area is 134 Å². The van der Waals surface area contributed by atoms with Crippen molar-refractivity contribution in [2.75, 3.05) is 46.9 Å². The van der Waals surface area contributed by atoms with Gasteiger partial charge in [-0.25, -0.2) is 0 Å². The first-order chi connectivity index (χ1) is 10.4. The smallest absolute Gasteiger partial charge is 0.122 e. The van der Waals surface area contributed by atoms with E-state index in [9.17, 15) is 5.11 Å². The van der Waals surface area contributed by atoms with Gasteiger partial charge in [-0.15, -0.1) is 0 Å². The number of benzene rings is 1. The van der Waals surface area contributed by atoms with Gasteiger partial charge in [0, 0.05) is 19.6 Å². The standard InChI is InChI=1S/C18H30N2O2/c1-15-7-5-8-17(16(15)2)22-12-11-20-10-6-9-18(21,14-20)13-19(3)4/h5,7-8,21H,6,9-14H2,1-4H3/t18-/m0/s1. The van der Waals surface area contributed by atoms with E-state index in [2.05, 4.69) is 29.7 Å². The van der Waals surface area contributed by atoms with Crippen molar-refractivity contribution in [2.24, 2.45) is 0 Å². The summed E-state index contributed by atoms with van der Waals surface area (Å²) < 4.78 is 5.94. The zero-order valence-electron chi connectivity index (χ0n) is 14.4. The molecular formula is C18H30N2O2. The van der Waals surface area contributed by atoms with Crippen LogP contribution in [-0.2, 0) is 0 Å². The number of likely N-dealkylation sites (N-methyl/N-ethyl adjacent to an activating group) is 1. The summed E-state index contributed by atoms with van der Waals surface area (Å²) in [5.74, 6) is 0.973. The van der Waals surface area contributed by atoms with Gasteiger partial charge >= 0.3 is 0 Å². The highest BCUT2D eigenvalue weighted by molar-refractivity contribution is 5.38. The van der Waals surface area contributed by atoms with Crippen LogP contribution in [0.1, 0.15) is 24.0 Å². The third kappa shape index (κ3) is 4.70. The highest BCUT2D eigenvalue weighted by atomic mass is 16.5. The fourth-order valence-electron chi connectivity index (χ4n) is 3.28. The Kier molecular flexibility index (Phi) is 5.84. The van der Waals surface area contributed by atoms with Crippen LogP contribution in [-0.4, -0.2) is 67.4 Å². The van der Waals surface area contributed by atoms with Crippen molar-refractivity contribution in [3.8, 4) is 5.75 Å². The second-order valence-electron chi connectivity index (χ2n) is 6.89. The molecule has 0 unspecified atom stereocenters. The topological polar surface area (TPSA) is 35.9 Å². The van der Waals surface area contributed by atoms with E-state index in [1.807, 2.05) is 26.2 Å². The van der Waals surface area contributed by atoms with E-state index in [1.54, 1.807) is 0 Å². The molecule has 0 aromatic heterocycles. The average Bonchev–Trinajstić information content (AvgIpc) is 2.42. The van der Waals surface area contributed by atoms with Crippen molar-refractivity contribution < 1.29 is 9.84 Å². The van der Waals surface area contributed by atoms with Crippen molar-refractivity contribution in [3.05, 3.63) is 29.3 Å². The minimum Gasteiger partial charge on any atom is -0.492 e. The summed E-state index contributed by atoms with van der Waals surface area (Å²) in [6.07, 6.45) is 1.94. The fraction of sp³-hybridized carbons (Fsp3) is 0.667. The molecule has 22 heavy (non-hydrogen) atoms. The molecule has 2 rings (SSSR count). The van der Waals surface area contributed by atoms with Crippen LogP contribution >= 0.6 is 0 Å². The lowest BCUT2D eigenvalue weighted by molar-refractivity contribution is -0.0477. The molecule has 0 aliphatic carbocycles. The molecular weight excluding hydrogens is 276 g/mol. The van der Waals surface area contributed by atoms with Gasteiger partial charge in [0.25, 0.3) is 0 Å². The van der Waals surface area contributed by atoms with E-state index in [-0.39, 0.29) is 0 Å². The molecule has 0 spiro atoms. The summed E-state index contributed by atoms with van der Waals surface area (Å²) in [4.78, 5) is 4.38. The summed E-state index contributed by atoms with van der Waals surface area (Å²) in [6.45, 7) is 8.25. The van der Waals surface area contributed by atoms with E-state index in [1.165, 1.54) is 11.1 Å². The number of aliphatic hydroxyl groups is 1. The number of piperidine rings is 1. The number of ether oxygens (including phenoxy) is 1. The first-order valence-electron chi connectivity index (χ1n) is 8.18. The molecule has 1 aromatic carbocycles. The van der Waals surface area contributed by atoms with Gasteiger partial charge in [-0.2, -0.15) is 0 Å². The maximum atomic E-state index is 10.7. The number of hydrogen-bond donors (Lipinski definition) is 1. The first kappa shape index (κ1) is 17.3. The van der Waals surface area contributed by atoms with Gasteiger partial charge in [-0.05, 0) is 64.5 Å². The lowest BCUT2D eigenvalue weighted by Crippen LogP contribution is -2.53. The second-order valence-corrected chi connectivity index (χ2v) is 6.89. The van der Waals surface area contributed by atoms with Gasteiger partial charge in [0.1, 0.15) is 12.4 Å². The quantitative estimate of drug-likeness (QED) is 0.873. The monoisotopic (exact) mass is 306 g/mol. The largest absolute Gasteiger partial charge is 0.492 e. The third-order valence-corrected chi connectivity index (χ3v) is 4.46. The first-order valence-corrected chi connectivity index (χ1v) is 8.18. The molecule has 1 atom stereocenters. The van der Waals surface area contributed by atoms with Gasteiger partial charge in [-0.1, -0.05) is 12.1 Å². The van der Waals surface area contributed by atoms with Crippen molar-refractivity contribution in [1.29, 1.82) is 0 Å². The maximum absolute atomic E-state index is 10.7. The number of rotatable bonds is 6. The number of nitrogens with zero attached hydrogens (tertiary/aromatic N) is 2. The third-order valence-electron chi connectivity index (χ3n) is 4.46. The normalized spacial score (nSPS) is 23.0. The molecule has 1 saturated heterocycles. The van der Waals surface area contributed by atoms with E-state index in [4.69, 9.17) is 4.74 Å². The van der Waals surface area contributed by atoms with E-state index in [0.717, 1.165) is 44.8 Å².